The summed E-state index contributed by atoms with van der Waals surface area (Å²) >= 11 is 5.74. The molecule has 0 N–H and O–H groups in total. The number of likely N-dealkylation sites (N-methyl/N-ethyl adjacent to an activating group) is 1. The van der Waals surface area contributed by atoms with Crippen molar-refractivity contribution in [2.75, 3.05) is 32.1 Å². The van der Waals surface area contributed by atoms with E-state index >= 15 is 0 Å². The Labute approximate surface area is 107 Å². The lowest BCUT2D eigenvalue weighted by Gasteiger charge is -2.36. The van der Waals surface area contributed by atoms with Crippen LogP contribution in [-0.4, -0.2) is 45.3 Å². The second-order valence-corrected chi connectivity index (χ2v) is 10.9. The molecular weight excluding hydrogens is 242 g/mol. The lowest BCUT2D eigenvalue weighted by atomic mass is 10.2. The summed E-state index contributed by atoms with van der Waals surface area (Å²) in [6.45, 7) is 17.4. The van der Waals surface area contributed by atoms with Gasteiger partial charge in [0.05, 0.1) is 0 Å². The van der Waals surface area contributed by atoms with Gasteiger partial charge in [0.1, 0.15) is 0 Å². The number of halogens is 1. The average molecular weight is 270 g/mol. The van der Waals surface area contributed by atoms with Crippen LogP contribution in [0.1, 0.15) is 27.7 Å². The van der Waals surface area contributed by atoms with Crippen LogP contribution in [0.25, 0.3) is 0 Å². The van der Waals surface area contributed by atoms with Crippen LogP contribution in [0.15, 0.2) is 0 Å². The van der Waals surface area contributed by atoms with Crippen LogP contribution in [0.3, 0.4) is 0 Å². The van der Waals surface area contributed by atoms with Crippen LogP contribution < -0.4 is 0 Å². The first kappa shape index (κ1) is 16.4. The van der Waals surface area contributed by atoms with E-state index in [9.17, 15) is 0 Å². The monoisotopic (exact) mass is 269 g/mol. The first-order chi connectivity index (χ1) is 7.24. The van der Waals surface area contributed by atoms with E-state index in [2.05, 4.69) is 45.7 Å². The van der Waals surface area contributed by atoms with Crippen molar-refractivity contribution in [1.82, 2.24) is 4.90 Å². The standard InChI is InChI=1S/C12H28ClNOSi/c1-7-14(9-8-13)10-11-15-16(5,6)12(2,3)4/h7-11H2,1-6H3/i8+1,9+1,10+1,11+1. The molecule has 0 spiro atoms. The second kappa shape index (κ2) is 6.99. The predicted octanol–water partition coefficient (Wildman–Crippen LogP) is 3.57. The third kappa shape index (κ3) is 5.67. The minimum atomic E-state index is -1.57. The van der Waals surface area contributed by atoms with Gasteiger partial charge in [0.2, 0.25) is 0 Å². The Morgan fingerprint density at radius 3 is 2.12 bits per heavy atom. The molecule has 0 unspecified atom stereocenters. The molecule has 16 heavy (non-hydrogen) atoms. The van der Waals surface area contributed by atoms with E-state index < -0.39 is 8.32 Å². The van der Waals surface area contributed by atoms with Crippen molar-refractivity contribution in [1.29, 1.82) is 0 Å². The van der Waals surface area contributed by atoms with Gasteiger partial charge < -0.3 is 9.33 Å². The molecule has 0 fully saturated rings. The highest BCUT2D eigenvalue weighted by Crippen LogP contribution is 2.36. The Morgan fingerprint density at radius 1 is 1.19 bits per heavy atom. The molecule has 2 nitrogen and oxygen atoms in total. The molecule has 0 aliphatic carbocycles. The molecule has 0 amide bonds. The van der Waals surface area contributed by atoms with Crippen molar-refractivity contribution in [3.05, 3.63) is 0 Å². The molecule has 0 rings (SSSR count). The summed E-state index contributed by atoms with van der Waals surface area (Å²) in [5.74, 6) is 0.702. The number of nitrogens with zero attached hydrogens (tertiary/aromatic N) is 1. The number of hydrogen-bond donors (Lipinski definition) is 0. The first-order valence-electron chi connectivity index (χ1n) is 6.17. The molecule has 0 radical (unpaired) electrons. The summed E-state index contributed by atoms with van der Waals surface area (Å²) < 4.78 is 6.13. The molecule has 0 atom stereocenters. The van der Waals surface area contributed by atoms with Crippen molar-refractivity contribution >= 4 is 19.9 Å². The normalized spacial score (nSPS) is 13.5. The largest absolute Gasteiger partial charge is 0.416 e. The van der Waals surface area contributed by atoms with E-state index in [1.807, 2.05) is 0 Å². The van der Waals surface area contributed by atoms with Crippen molar-refractivity contribution in [2.24, 2.45) is 0 Å². The zero-order valence-corrected chi connectivity index (χ0v) is 13.5. The van der Waals surface area contributed by atoms with Crippen molar-refractivity contribution < 1.29 is 4.43 Å². The van der Waals surface area contributed by atoms with E-state index in [0.717, 1.165) is 26.2 Å². The van der Waals surface area contributed by atoms with E-state index in [1.165, 1.54) is 0 Å². The highest BCUT2D eigenvalue weighted by Gasteiger charge is 2.36. The molecule has 4 heteroatoms. The van der Waals surface area contributed by atoms with Crippen LogP contribution in [0.4, 0.5) is 0 Å². The molecule has 98 valence electrons. The molecule has 0 aromatic carbocycles. The van der Waals surface area contributed by atoms with E-state index in [-0.39, 0.29) is 0 Å². The quantitative estimate of drug-likeness (QED) is 0.398. The average Bonchev–Trinajstić information content (AvgIpc) is 2.14. The van der Waals surface area contributed by atoms with Gasteiger partial charge in [-0.25, -0.2) is 0 Å². The predicted molar refractivity (Wildman–Crippen MR) is 76.0 cm³/mol. The van der Waals surface area contributed by atoms with Crippen LogP contribution >= 0.6 is 11.6 Å². The summed E-state index contributed by atoms with van der Waals surface area (Å²) in [6, 6.07) is 0. The number of hydrogen-bond acceptors (Lipinski definition) is 2. The molecule has 0 aliphatic rings. The summed E-state index contributed by atoms with van der Waals surface area (Å²) in [5.41, 5.74) is 0. The maximum absolute atomic E-state index is 6.13. The summed E-state index contributed by atoms with van der Waals surface area (Å²) in [7, 11) is -1.57. The lowest BCUT2D eigenvalue weighted by Crippen LogP contribution is -2.43. The van der Waals surface area contributed by atoms with Gasteiger partial charge in [-0.2, -0.15) is 0 Å². The number of rotatable bonds is 7. The van der Waals surface area contributed by atoms with Gasteiger partial charge in [0, 0.05) is 25.6 Å². The van der Waals surface area contributed by atoms with Crippen molar-refractivity contribution in [2.45, 2.75) is 45.8 Å². The van der Waals surface area contributed by atoms with Crippen LogP contribution in [-0.2, 0) is 4.43 Å². The van der Waals surface area contributed by atoms with Gasteiger partial charge in [0.15, 0.2) is 8.32 Å². The Hall–Kier alpha value is 0.427. The molecule has 0 aliphatic heterocycles. The highest BCUT2D eigenvalue weighted by atomic mass is 35.5. The summed E-state index contributed by atoms with van der Waals surface area (Å²) in [4.78, 5) is 2.33. The third-order valence-corrected chi connectivity index (χ3v) is 8.23. The fourth-order valence-electron chi connectivity index (χ4n) is 1.19. The van der Waals surface area contributed by atoms with Gasteiger partial charge in [-0.15, -0.1) is 11.6 Å². The Balaban J connectivity index is 3.97. The molecule has 0 saturated heterocycles. The number of alkyl halides is 1. The topological polar surface area (TPSA) is 12.5 Å². The lowest BCUT2D eigenvalue weighted by molar-refractivity contribution is 0.210. The Bertz CT molecular complexity index is 192. The minimum Gasteiger partial charge on any atom is -0.416 e. The third-order valence-electron chi connectivity index (χ3n) is 3.52. The Morgan fingerprint density at radius 2 is 1.75 bits per heavy atom. The summed E-state index contributed by atoms with van der Waals surface area (Å²) in [6.07, 6.45) is 0. The highest BCUT2D eigenvalue weighted by molar-refractivity contribution is 6.74. The molecular formula is C12H28ClNOSi. The maximum Gasteiger partial charge on any atom is 0.192 e. The van der Waals surface area contributed by atoms with E-state index in [0.29, 0.717) is 10.9 Å². The molecule has 0 heterocycles. The minimum absolute atomic E-state index is 0.302. The van der Waals surface area contributed by atoms with Gasteiger partial charge in [0.25, 0.3) is 0 Å². The Kier molecular flexibility index (Phi) is 7.18. The fourth-order valence-corrected chi connectivity index (χ4v) is 2.47. The van der Waals surface area contributed by atoms with E-state index in [4.69, 9.17) is 16.0 Å². The second-order valence-electron chi connectivity index (χ2n) is 5.73. The fraction of sp³-hybridized carbons (Fsp3) is 1.00. The summed E-state index contributed by atoms with van der Waals surface area (Å²) in [5, 5.41) is 0.302. The molecule has 0 bridgehead atoms. The smallest absolute Gasteiger partial charge is 0.192 e. The molecule has 0 aromatic rings. The van der Waals surface area contributed by atoms with Crippen LogP contribution in [0, 0.1) is 0 Å². The maximum atomic E-state index is 6.13. The van der Waals surface area contributed by atoms with Crippen LogP contribution in [0.2, 0.25) is 18.1 Å². The van der Waals surface area contributed by atoms with Crippen molar-refractivity contribution in [3.63, 3.8) is 0 Å². The van der Waals surface area contributed by atoms with Gasteiger partial charge in [-0.3, -0.25) is 0 Å². The van der Waals surface area contributed by atoms with Gasteiger partial charge >= 0.3 is 0 Å². The first-order valence-corrected chi connectivity index (χ1v) is 9.61. The molecule has 0 aromatic heterocycles. The SMILES string of the molecule is CCN([13CH2][13CH2]Cl)[13CH2][13CH2]O[Si](C)(C)C(C)(C)C. The van der Waals surface area contributed by atoms with Gasteiger partial charge in [-0.1, -0.05) is 27.7 Å². The zero-order valence-electron chi connectivity index (χ0n) is 11.8. The van der Waals surface area contributed by atoms with Crippen molar-refractivity contribution in [3.8, 4) is 0 Å². The van der Waals surface area contributed by atoms with Crippen LogP contribution in [0.5, 0.6) is 0 Å². The zero-order chi connectivity index (χ0) is 12.8. The van der Waals surface area contributed by atoms with E-state index in [1.54, 1.807) is 0 Å². The molecule has 0 saturated carbocycles. The van der Waals surface area contributed by atoms with Gasteiger partial charge in [-0.05, 0) is 24.7 Å².